The molecule has 0 atom stereocenters. The summed E-state index contributed by atoms with van der Waals surface area (Å²) in [6, 6.07) is -0.736. The van der Waals surface area contributed by atoms with Gasteiger partial charge in [-0.2, -0.15) is 13.2 Å². The summed E-state index contributed by atoms with van der Waals surface area (Å²) in [5.74, 6) is -4.35. The van der Waals surface area contributed by atoms with Gasteiger partial charge in [0.25, 0.3) is 0 Å². The van der Waals surface area contributed by atoms with Gasteiger partial charge in [-0.1, -0.05) is 0 Å². The topological polar surface area (TPSA) is 83.6 Å². The highest BCUT2D eigenvalue weighted by atomic mass is 19.4. The molecule has 1 N–H and O–H groups in total. The summed E-state index contributed by atoms with van der Waals surface area (Å²) in [6.45, 7) is 0. The Morgan fingerprint density at radius 2 is 2.06 bits per heavy atom. The minimum absolute atomic E-state index is 0.0758. The fourth-order valence-electron chi connectivity index (χ4n) is 0.796. The molecule has 16 heavy (non-hydrogen) atoms. The Morgan fingerprint density at radius 1 is 1.50 bits per heavy atom. The third-order valence-electron chi connectivity index (χ3n) is 1.54. The standard InChI is InChI=1S/C7H5F3N2O4/c1-12(5(15)7(8,9)10)6-11-2-3(16-6)4(13)14/h2H,1H3,(H,13,14). The molecule has 9 heteroatoms. The van der Waals surface area contributed by atoms with E-state index >= 15 is 0 Å². The number of amides is 1. The Bertz CT molecular complexity index is 426. The van der Waals surface area contributed by atoms with E-state index in [1.807, 2.05) is 0 Å². The quantitative estimate of drug-likeness (QED) is 0.827. The van der Waals surface area contributed by atoms with E-state index in [4.69, 9.17) is 5.11 Å². The van der Waals surface area contributed by atoms with Gasteiger partial charge < -0.3 is 9.52 Å². The first-order valence-electron chi connectivity index (χ1n) is 3.77. The lowest BCUT2D eigenvalue weighted by Gasteiger charge is -2.13. The Balaban J connectivity index is 2.93. The number of hydrogen-bond donors (Lipinski definition) is 1. The minimum Gasteiger partial charge on any atom is -0.475 e. The lowest BCUT2D eigenvalue weighted by molar-refractivity contribution is -0.170. The number of aromatic nitrogens is 1. The van der Waals surface area contributed by atoms with Crippen LogP contribution in [0.4, 0.5) is 19.2 Å². The Morgan fingerprint density at radius 3 is 2.44 bits per heavy atom. The minimum atomic E-state index is -5.08. The van der Waals surface area contributed by atoms with Crippen LogP contribution in [0, 0.1) is 0 Å². The molecule has 0 spiro atoms. The molecule has 88 valence electrons. The van der Waals surface area contributed by atoms with Gasteiger partial charge in [0, 0.05) is 7.05 Å². The van der Waals surface area contributed by atoms with Gasteiger partial charge in [0.15, 0.2) is 0 Å². The van der Waals surface area contributed by atoms with Crippen molar-refractivity contribution in [1.82, 2.24) is 4.98 Å². The molecule has 0 unspecified atom stereocenters. The molecule has 0 saturated heterocycles. The second-order valence-electron chi connectivity index (χ2n) is 2.67. The maximum Gasteiger partial charge on any atom is 0.471 e. The fraction of sp³-hybridized carbons (Fsp3) is 0.286. The van der Waals surface area contributed by atoms with Crippen LogP contribution in [-0.2, 0) is 4.79 Å². The number of hydrogen-bond acceptors (Lipinski definition) is 4. The first-order chi connectivity index (χ1) is 7.23. The van der Waals surface area contributed by atoms with Gasteiger partial charge in [-0.15, -0.1) is 0 Å². The second-order valence-corrected chi connectivity index (χ2v) is 2.67. The van der Waals surface area contributed by atoms with Gasteiger partial charge in [0.05, 0.1) is 6.20 Å². The highest BCUT2D eigenvalue weighted by Gasteiger charge is 2.43. The summed E-state index contributed by atoms with van der Waals surface area (Å²) in [5, 5.41) is 8.42. The highest BCUT2D eigenvalue weighted by Crippen LogP contribution is 2.22. The highest BCUT2D eigenvalue weighted by molar-refractivity contribution is 5.95. The smallest absolute Gasteiger partial charge is 0.471 e. The first kappa shape index (κ1) is 12.0. The zero-order valence-electron chi connectivity index (χ0n) is 7.78. The SMILES string of the molecule is CN(C(=O)C(F)(F)F)c1ncc(C(=O)O)o1. The molecule has 0 aliphatic rings. The van der Waals surface area contributed by atoms with Crippen LogP contribution < -0.4 is 4.90 Å². The predicted octanol–water partition coefficient (Wildman–Crippen LogP) is 0.898. The van der Waals surface area contributed by atoms with Crippen molar-refractivity contribution in [1.29, 1.82) is 0 Å². The van der Waals surface area contributed by atoms with Crippen LogP contribution in [0.5, 0.6) is 0 Å². The van der Waals surface area contributed by atoms with Crippen molar-refractivity contribution in [2.75, 3.05) is 11.9 Å². The summed E-state index contributed by atoms with van der Waals surface area (Å²) in [4.78, 5) is 24.3. The molecule has 0 aromatic carbocycles. The van der Waals surface area contributed by atoms with Gasteiger partial charge in [-0.25, -0.2) is 9.78 Å². The molecule has 1 amide bonds. The van der Waals surface area contributed by atoms with Crippen LogP contribution in [0.3, 0.4) is 0 Å². The Kier molecular flexibility index (Phi) is 2.88. The number of anilines is 1. The van der Waals surface area contributed by atoms with Crippen LogP contribution in [0.25, 0.3) is 0 Å². The van der Waals surface area contributed by atoms with E-state index in [1.165, 1.54) is 0 Å². The number of carbonyl (C=O) groups excluding carboxylic acids is 1. The van der Waals surface area contributed by atoms with Crippen molar-refractivity contribution >= 4 is 17.9 Å². The first-order valence-corrected chi connectivity index (χ1v) is 3.77. The fourth-order valence-corrected chi connectivity index (χ4v) is 0.796. The molecule has 0 aliphatic carbocycles. The number of nitrogens with zero attached hydrogens (tertiary/aromatic N) is 2. The summed E-state index contributed by atoms with van der Waals surface area (Å²) < 4.78 is 40.3. The van der Waals surface area contributed by atoms with Crippen molar-refractivity contribution in [3.05, 3.63) is 12.0 Å². The van der Waals surface area contributed by atoms with Crippen LogP contribution >= 0.6 is 0 Å². The normalized spacial score (nSPS) is 11.2. The van der Waals surface area contributed by atoms with Crippen LogP contribution in [0.2, 0.25) is 0 Å². The number of halogens is 3. The van der Waals surface area contributed by atoms with E-state index in [9.17, 15) is 22.8 Å². The average molecular weight is 238 g/mol. The molecule has 0 aliphatic heterocycles. The van der Waals surface area contributed by atoms with E-state index in [0.717, 1.165) is 7.05 Å². The third-order valence-corrected chi connectivity index (χ3v) is 1.54. The molecule has 1 aromatic heterocycles. The van der Waals surface area contributed by atoms with Crippen LogP contribution in [0.1, 0.15) is 10.6 Å². The maximum atomic E-state index is 12.0. The molecular formula is C7H5F3N2O4. The van der Waals surface area contributed by atoms with E-state index in [2.05, 4.69) is 9.40 Å². The molecular weight excluding hydrogens is 233 g/mol. The molecule has 1 heterocycles. The summed E-state index contributed by atoms with van der Waals surface area (Å²) >= 11 is 0. The molecule has 0 bridgehead atoms. The molecule has 0 radical (unpaired) electrons. The maximum absolute atomic E-state index is 12.0. The number of aromatic carboxylic acids is 1. The van der Waals surface area contributed by atoms with Gasteiger partial charge in [0.2, 0.25) is 5.76 Å². The average Bonchev–Trinajstić information content (AvgIpc) is 2.62. The third kappa shape index (κ3) is 2.30. The van der Waals surface area contributed by atoms with Gasteiger partial charge >= 0.3 is 24.1 Å². The van der Waals surface area contributed by atoms with Crippen LogP contribution in [0.15, 0.2) is 10.6 Å². The zero-order valence-corrected chi connectivity index (χ0v) is 7.78. The second kappa shape index (κ2) is 3.83. The monoisotopic (exact) mass is 238 g/mol. The largest absolute Gasteiger partial charge is 0.475 e. The van der Waals surface area contributed by atoms with Crippen molar-refractivity contribution < 1.29 is 32.3 Å². The number of carbonyl (C=O) groups is 2. The molecule has 0 saturated carbocycles. The molecule has 6 nitrogen and oxygen atoms in total. The van der Waals surface area contributed by atoms with Gasteiger partial charge in [0.1, 0.15) is 0 Å². The summed E-state index contributed by atoms with van der Waals surface area (Å²) in [7, 11) is 0.771. The van der Waals surface area contributed by atoms with Crippen molar-refractivity contribution in [2.24, 2.45) is 0 Å². The van der Waals surface area contributed by atoms with E-state index in [1.54, 1.807) is 0 Å². The van der Waals surface area contributed by atoms with Gasteiger partial charge in [-0.05, 0) is 0 Å². The Labute approximate surface area is 86.3 Å². The zero-order chi connectivity index (χ0) is 12.5. The van der Waals surface area contributed by atoms with Crippen molar-refractivity contribution in [3.63, 3.8) is 0 Å². The van der Waals surface area contributed by atoms with Gasteiger partial charge in [-0.3, -0.25) is 9.69 Å². The van der Waals surface area contributed by atoms with E-state index in [-0.39, 0.29) is 4.90 Å². The summed E-state index contributed by atoms with van der Waals surface area (Å²) in [5.41, 5.74) is 0. The number of carboxylic acids is 1. The number of alkyl halides is 3. The lowest BCUT2D eigenvalue weighted by atomic mass is 10.5. The van der Waals surface area contributed by atoms with Crippen molar-refractivity contribution in [3.8, 4) is 0 Å². The van der Waals surface area contributed by atoms with E-state index in [0.29, 0.717) is 6.20 Å². The predicted molar refractivity (Wildman–Crippen MR) is 42.9 cm³/mol. The molecule has 0 fully saturated rings. The van der Waals surface area contributed by atoms with Crippen molar-refractivity contribution in [2.45, 2.75) is 6.18 Å². The number of oxazole rings is 1. The summed E-state index contributed by atoms with van der Waals surface area (Å²) in [6.07, 6.45) is -4.37. The lowest BCUT2D eigenvalue weighted by Crippen LogP contribution is -2.38. The molecule has 1 rings (SSSR count). The number of carboxylic acid groups (broad SMARTS) is 1. The molecule has 1 aromatic rings. The van der Waals surface area contributed by atoms with Crippen LogP contribution in [-0.4, -0.2) is 35.2 Å². The van der Waals surface area contributed by atoms with E-state index < -0.39 is 29.8 Å². The Hall–Kier alpha value is -2.06. The number of rotatable bonds is 2.